The average Bonchev–Trinajstić information content (AvgIpc) is 2.70. The van der Waals surface area contributed by atoms with Gasteiger partial charge in [0.05, 0.1) is 12.7 Å². The summed E-state index contributed by atoms with van der Waals surface area (Å²) in [5.74, 6) is -0.276. The zero-order valence-electron chi connectivity index (χ0n) is 12.2. The van der Waals surface area contributed by atoms with Crippen molar-refractivity contribution in [1.29, 1.82) is 0 Å². The lowest BCUT2D eigenvalue weighted by Gasteiger charge is -2.29. The van der Waals surface area contributed by atoms with E-state index in [2.05, 4.69) is 19.2 Å². The molecule has 19 heavy (non-hydrogen) atoms. The molecule has 0 aromatic heterocycles. The van der Waals surface area contributed by atoms with Gasteiger partial charge in [-0.05, 0) is 37.3 Å². The summed E-state index contributed by atoms with van der Waals surface area (Å²) in [6.45, 7) is 6.54. The Balaban J connectivity index is 2.27. The van der Waals surface area contributed by atoms with Crippen molar-refractivity contribution in [3.05, 3.63) is 29.3 Å². The maximum Gasteiger partial charge on any atom is 0.339 e. The molecule has 1 aliphatic rings. The van der Waals surface area contributed by atoms with Crippen LogP contribution in [-0.2, 0) is 4.74 Å². The Labute approximate surface area is 115 Å². The third-order valence-corrected chi connectivity index (χ3v) is 4.17. The zero-order chi connectivity index (χ0) is 14.0. The van der Waals surface area contributed by atoms with Crippen LogP contribution >= 0.6 is 0 Å². The van der Waals surface area contributed by atoms with Gasteiger partial charge in [-0.3, -0.25) is 0 Å². The van der Waals surface area contributed by atoms with Crippen molar-refractivity contribution >= 4 is 11.7 Å². The van der Waals surface area contributed by atoms with E-state index in [1.807, 2.05) is 25.1 Å². The number of rotatable bonds is 3. The maximum atomic E-state index is 11.9. The van der Waals surface area contributed by atoms with Crippen LogP contribution in [0.4, 0.5) is 5.69 Å². The van der Waals surface area contributed by atoms with Gasteiger partial charge in [-0.1, -0.05) is 31.9 Å². The van der Waals surface area contributed by atoms with Crippen LogP contribution in [0.3, 0.4) is 0 Å². The first kappa shape index (κ1) is 13.9. The molecule has 0 heterocycles. The molecule has 1 aromatic rings. The number of ether oxygens (including phenoxy) is 1. The lowest BCUT2D eigenvalue weighted by Crippen LogP contribution is -2.31. The fraction of sp³-hybridized carbons (Fsp3) is 0.562. The van der Waals surface area contributed by atoms with Gasteiger partial charge in [-0.2, -0.15) is 0 Å². The van der Waals surface area contributed by atoms with Crippen LogP contribution in [-0.4, -0.2) is 19.1 Å². The molecular weight excluding hydrogens is 238 g/mol. The number of hydrogen-bond donors (Lipinski definition) is 1. The monoisotopic (exact) mass is 261 g/mol. The fourth-order valence-corrected chi connectivity index (χ4v) is 2.84. The van der Waals surface area contributed by atoms with Crippen LogP contribution in [0.1, 0.15) is 49.0 Å². The maximum absolute atomic E-state index is 11.9. The molecule has 0 spiro atoms. The van der Waals surface area contributed by atoms with E-state index in [1.54, 1.807) is 0 Å². The Bertz CT molecular complexity index is 480. The molecule has 3 heteroatoms. The molecule has 0 amide bonds. The average molecular weight is 261 g/mol. The summed E-state index contributed by atoms with van der Waals surface area (Å²) in [6, 6.07) is 6.31. The van der Waals surface area contributed by atoms with Crippen molar-refractivity contribution in [3.63, 3.8) is 0 Å². The lowest BCUT2D eigenvalue weighted by molar-refractivity contribution is 0.0601. The summed E-state index contributed by atoms with van der Waals surface area (Å²) in [5.41, 5.74) is 2.86. The molecular formula is C16H23NO2. The molecule has 0 aliphatic heterocycles. The van der Waals surface area contributed by atoms with Gasteiger partial charge in [0.25, 0.3) is 0 Å². The number of methoxy groups -OCH3 is 1. The Morgan fingerprint density at radius 2 is 2.16 bits per heavy atom. The molecule has 0 bridgehead atoms. The van der Waals surface area contributed by atoms with Gasteiger partial charge in [0.15, 0.2) is 0 Å². The first-order valence-electron chi connectivity index (χ1n) is 6.89. The van der Waals surface area contributed by atoms with E-state index in [1.165, 1.54) is 20.0 Å². The van der Waals surface area contributed by atoms with Gasteiger partial charge in [-0.25, -0.2) is 4.79 Å². The summed E-state index contributed by atoms with van der Waals surface area (Å²) in [5, 5.41) is 3.54. The summed E-state index contributed by atoms with van der Waals surface area (Å²) in [4.78, 5) is 11.9. The second kappa shape index (κ2) is 5.24. The van der Waals surface area contributed by atoms with Crippen LogP contribution in [0.5, 0.6) is 0 Å². The highest BCUT2D eigenvalue weighted by molar-refractivity contribution is 5.95. The van der Waals surface area contributed by atoms with E-state index in [0.29, 0.717) is 11.6 Å². The van der Waals surface area contributed by atoms with Crippen molar-refractivity contribution in [1.82, 2.24) is 0 Å². The number of anilines is 1. The molecule has 1 saturated carbocycles. The predicted molar refractivity (Wildman–Crippen MR) is 77.6 cm³/mol. The molecule has 104 valence electrons. The van der Waals surface area contributed by atoms with E-state index in [4.69, 9.17) is 4.74 Å². The van der Waals surface area contributed by atoms with E-state index in [-0.39, 0.29) is 11.4 Å². The van der Waals surface area contributed by atoms with Gasteiger partial charge >= 0.3 is 5.97 Å². The molecule has 1 N–H and O–H groups in total. The van der Waals surface area contributed by atoms with Gasteiger partial charge in [-0.15, -0.1) is 0 Å². The highest BCUT2D eigenvalue weighted by Gasteiger charge is 2.34. The van der Waals surface area contributed by atoms with Crippen molar-refractivity contribution in [2.24, 2.45) is 5.41 Å². The largest absolute Gasteiger partial charge is 0.465 e. The van der Waals surface area contributed by atoms with Gasteiger partial charge in [0, 0.05) is 11.7 Å². The van der Waals surface area contributed by atoms with Crippen molar-refractivity contribution in [2.45, 2.75) is 46.1 Å². The van der Waals surface area contributed by atoms with Gasteiger partial charge in [0.2, 0.25) is 0 Å². The third-order valence-electron chi connectivity index (χ3n) is 4.17. The van der Waals surface area contributed by atoms with Crippen LogP contribution in [0.25, 0.3) is 0 Å². The minimum absolute atomic E-state index is 0.276. The van der Waals surface area contributed by atoms with Crippen LogP contribution in [0.15, 0.2) is 18.2 Å². The zero-order valence-corrected chi connectivity index (χ0v) is 12.2. The number of aryl methyl sites for hydroxylation is 1. The minimum atomic E-state index is -0.276. The van der Waals surface area contributed by atoms with Crippen molar-refractivity contribution < 1.29 is 9.53 Å². The number of esters is 1. The molecule has 1 aromatic carbocycles. The molecule has 0 radical (unpaired) electrons. The number of benzene rings is 1. The summed E-state index contributed by atoms with van der Waals surface area (Å²) in [7, 11) is 1.42. The number of carbonyl (C=O) groups is 1. The topological polar surface area (TPSA) is 38.3 Å². The Morgan fingerprint density at radius 3 is 2.74 bits per heavy atom. The van der Waals surface area contributed by atoms with E-state index in [0.717, 1.165) is 17.7 Å². The SMILES string of the molecule is COC(=O)c1cc(C)ccc1NC1CCCC1(C)C. The van der Waals surface area contributed by atoms with E-state index < -0.39 is 0 Å². The number of nitrogens with one attached hydrogen (secondary N) is 1. The Hall–Kier alpha value is -1.51. The Morgan fingerprint density at radius 1 is 1.42 bits per heavy atom. The number of hydrogen-bond acceptors (Lipinski definition) is 3. The summed E-state index contributed by atoms with van der Waals surface area (Å²) in [6.07, 6.45) is 3.62. The molecule has 1 aliphatic carbocycles. The van der Waals surface area contributed by atoms with Gasteiger partial charge < -0.3 is 10.1 Å². The third kappa shape index (κ3) is 2.91. The normalized spacial score (nSPS) is 21.2. The quantitative estimate of drug-likeness (QED) is 0.842. The summed E-state index contributed by atoms with van der Waals surface area (Å²) < 4.78 is 4.87. The van der Waals surface area contributed by atoms with Crippen LogP contribution in [0.2, 0.25) is 0 Å². The second-order valence-corrected chi connectivity index (χ2v) is 6.12. The standard InChI is InChI=1S/C16H23NO2/c1-11-7-8-13(12(10-11)15(18)19-4)17-14-6-5-9-16(14,2)3/h7-8,10,14,17H,5-6,9H2,1-4H3. The second-order valence-electron chi connectivity index (χ2n) is 6.12. The molecule has 0 saturated heterocycles. The minimum Gasteiger partial charge on any atom is -0.465 e. The van der Waals surface area contributed by atoms with E-state index in [9.17, 15) is 4.79 Å². The first-order chi connectivity index (χ1) is 8.94. The molecule has 2 rings (SSSR count). The predicted octanol–water partition coefficient (Wildman–Crippen LogP) is 3.77. The van der Waals surface area contributed by atoms with Gasteiger partial charge in [0.1, 0.15) is 0 Å². The van der Waals surface area contributed by atoms with Crippen LogP contribution in [0, 0.1) is 12.3 Å². The fourth-order valence-electron chi connectivity index (χ4n) is 2.84. The van der Waals surface area contributed by atoms with E-state index >= 15 is 0 Å². The summed E-state index contributed by atoms with van der Waals surface area (Å²) >= 11 is 0. The molecule has 1 fully saturated rings. The molecule has 3 nitrogen and oxygen atoms in total. The van der Waals surface area contributed by atoms with Crippen molar-refractivity contribution in [3.8, 4) is 0 Å². The smallest absolute Gasteiger partial charge is 0.339 e. The molecule has 1 atom stereocenters. The van der Waals surface area contributed by atoms with Crippen LogP contribution < -0.4 is 5.32 Å². The lowest BCUT2D eigenvalue weighted by atomic mass is 9.87. The number of carbonyl (C=O) groups excluding carboxylic acids is 1. The highest BCUT2D eigenvalue weighted by Crippen LogP contribution is 2.39. The Kier molecular flexibility index (Phi) is 3.83. The molecule has 1 unspecified atom stereocenters. The van der Waals surface area contributed by atoms with Crippen molar-refractivity contribution in [2.75, 3.05) is 12.4 Å². The first-order valence-corrected chi connectivity index (χ1v) is 6.89. The highest BCUT2D eigenvalue weighted by atomic mass is 16.5.